The second kappa shape index (κ2) is 5.43. The van der Waals surface area contributed by atoms with E-state index in [1.807, 2.05) is 0 Å². The molecule has 0 fully saturated rings. The first-order chi connectivity index (χ1) is 6.79. The molecule has 1 rings (SSSR count). The van der Waals surface area contributed by atoms with Gasteiger partial charge >= 0.3 is 0 Å². The summed E-state index contributed by atoms with van der Waals surface area (Å²) in [5.74, 6) is 0. The SMILES string of the molecule is C/C=C(\C(C)=C\CC)c1ccccc1. The molecule has 0 radical (unpaired) electrons. The molecule has 0 saturated heterocycles. The Morgan fingerprint density at radius 1 is 1.21 bits per heavy atom. The van der Waals surface area contributed by atoms with Crippen LogP contribution in [0.3, 0.4) is 0 Å². The number of hydrogen-bond acceptors (Lipinski definition) is 0. The number of allylic oxidation sites excluding steroid dienone is 4. The van der Waals surface area contributed by atoms with Crippen LogP contribution in [0, 0.1) is 0 Å². The lowest BCUT2D eigenvalue weighted by Crippen LogP contribution is -1.85. The van der Waals surface area contributed by atoms with Crippen molar-refractivity contribution in [1.82, 2.24) is 0 Å². The zero-order valence-corrected chi connectivity index (χ0v) is 9.25. The van der Waals surface area contributed by atoms with Gasteiger partial charge in [-0.3, -0.25) is 0 Å². The van der Waals surface area contributed by atoms with Gasteiger partial charge in [0.25, 0.3) is 0 Å². The third-order valence-corrected chi connectivity index (χ3v) is 2.31. The minimum absolute atomic E-state index is 1.09. The Kier molecular flexibility index (Phi) is 4.18. The van der Waals surface area contributed by atoms with Gasteiger partial charge in [0.05, 0.1) is 0 Å². The average Bonchev–Trinajstić information content (AvgIpc) is 2.21. The smallest absolute Gasteiger partial charge is 0.0185 e. The second-order valence-corrected chi connectivity index (χ2v) is 3.36. The summed E-state index contributed by atoms with van der Waals surface area (Å²) >= 11 is 0. The van der Waals surface area contributed by atoms with E-state index in [1.54, 1.807) is 0 Å². The highest BCUT2D eigenvalue weighted by molar-refractivity contribution is 5.78. The Morgan fingerprint density at radius 3 is 2.36 bits per heavy atom. The van der Waals surface area contributed by atoms with Gasteiger partial charge in [0, 0.05) is 0 Å². The van der Waals surface area contributed by atoms with Crippen LogP contribution in [0.4, 0.5) is 0 Å². The number of rotatable bonds is 3. The lowest BCUT2D eigenvalue weighted by molar-refractivity contribution is 1.20. The van der Waals surface area contributed by atoms with E-state index < -0.39 is 0 Å². The predicted octanol–water partition coefficient (Wildman–Crippen LogP) is 4.45. The molecule has 0 aliphatic carbocycles. The van der Waals surface area contributed by atoms with Gasteiger partial charge in [-0.05, 0) is 37.0 Å². The highest BCUT2D eigenvalue weighted by Gasteiger charge is 2.00. The van der Waals surface area contributed by atoms with Gasteiger partial charge in [-0.15, -0.1) is 0 Å². The van der Waals surface area contributed by atoms with Crippen LogP contribution in [0.25, 0.3) is 5.57 Å². The van der Waals surface area contributed by atoms with Crippen LogP contribution in [0.1, 0.15) is 32.8 Å². The van der Waals surface area contributed by atoms with E-state index in [0.717, 1.165) is 6.42 Å². The fourth-order valence-corrected chi connectivity index (χ4v) is 1.66. The predicted molar refractivity (Wildman–Crippen MR) is 64.1 cm³/mol. The average molecular weight is 186 g/mol. The summed E-state index contributed by atoms with van der Waals surface area (Å²) in [5, 5.41) is 0. The standard InChI is InChI=1S/C14H18/c1-4-9-12(3)14(5-2)13-10-7-6-8-11-13/h5-11H,4H2,1-3H3/b12-9+,14-5+. The Morgan fingerprint density at radius 2 is 1.86 bits per heavy atom. The zero-order valence-electron chi connectivity index (χ0n) is 9.25. The summed E-state index contributed by atoms with van der Waals surface area (Å²) in [6, 6.07) is 10.5. The Bertz CT molecular complexity index is 328. The van der Waals surface area contributed by atoms with Gasteiger partial charge in [0.15, 0.2) is 0 Å². The molecule has 0 heterocycles. The second-order valence-electron chi connectivity index (χ2n) is 3.36. The summed E-state index contributed by atoms with van der Waals surface area (Å²) in [7, 11) is 0. The molecule has 1 aromatic carbocycles. The van der Waals surface area contributed by atoms with Gasteiger partial charge in [-0.2, -0.15) is 0 Å². The molecule has 0 aliphatic rings. The fraction of sp³-hybridized carbons (Fsp3) is 0.286. The van der Waals surface area contributed by atoms with Gasteiger partial charge < -0.3 is 0 Å². The highest BCUT2D eigenvalue weighted by Crippen LogP contribution is 2.22. The van der Waals surface area contributed by atoms with Crippen molar-refractivity contribution in [1.29, 1.82) is 0 Å². The molecule has 0 spiro atoms. The minimum Gasteiger partial charge on any atom is -0.0813 e. The molecule has 0 N–H and O–H groups in total. The van der Waals surface area contributed by atoms with Crippen molar-refractivity contribution in [3.8, 4) is 0 Å². The van der Waals surface area contributed by atoms with Gasteiger partial charge in [0.2, 0.25) is 0 Å². The van der Waals surface area contributed by atoms with Crippen LogP contribution in [0.2, 0.25) is 0 Å². The van der Waals surface area contributed by atoms with E-state index >= 15 is 0 Å². The third-order valence-electron chi connectivity index (χ3n) is 2.31. The Hall–Kier alpha value is -1.30. The molecular formula is C14H18. The first-order valence-corrected chi connectivity index (χ1v) is 5.18. The van der Waals surface area contributed by atoms with E-state index in [0.29, 0.717) is 0 Å². The summed E-state index contributed by atoms with van der Waals surface area (Å²) < 4.78 is 0. The monoisotopic (exact) mass is 186 g/mol. The van der Waals surface area contributed by atoms with Crippen molar-refractivity contribution in [2.24, 2.45) is 0 Å². The van der Waals surface area contributed by atoms with Gasteiger partial charge in [-0.25, -0.2) is 0 Å². The van der Waals surface area contributed by atoms with Crippen molar-refractivity contribution in [2.75, 3.05) is 0 Å². The molecule has 0 heteroatoms. The van der Waals surface area contributed by atoms with Crippen molar-refractivity contribution in [3.05, 3.63) is 53.6 Å². The van der Waals surface area contributed by atoms with E-state index in [-0.39, 0.29) is 0 Å². The maximum atomic E-state index is 2.27. The Balaban J connectivity index is 3.01. The molecule has 14 heavy (non-hydrogen) atoms. The lowest BCUT2D eigenvalue weighted by atomic mass is 9.98. The van der Waals surface area contributed by atoms with E-state index in [4.69, 9.17) is 0 Å². The van der Waals surface area contributed by atoms with Crippen molar-refractivity contribution in [2.45, 2.75) is 27.2 Å². The fourth-order valence-electron chi connectivity index (χ4n) is 1.66. The quantitative estimate of drug-likeness (QED) is 0.612. The van der Waals surface area contributed by atoms with Crippen LogP contribution in [0.5, 0.6) is 0 Å². The summed E-state index contributed by atoms with van der Waals surface area (Å²) in [4.78, 5) is 0. The highest BCUT2D eigenvalue weighted by atomic mass is 14.0. The zero-order chi connectivity index (χ0) is 10.4. The molecular weight excluding hydrogens is 168 g/mol. The topological polar surface area (TPSA) is 0 Å². The van der Waals surface area contributed by atoms with Crippen LogP contribution in [-0.4, -0.2) is 0 Å². The molecule has 0 bridgehead atoms. The third kappa shape index (κ3) is 2.59. The van der Waals surface area contributed by atoms with Crippen LogP contribution >= 0.6 is 0 Å². The maximum Gasteiger partial charge on any atom is -0.0185 e. The van der Waals surface area contributed by atoms with E-state index in [1.165, 1.54) is 16.7 Å². The van der Waals surface area contributed by atoms with E-state index in [2.05, 4.69) is 63.3 Å². The maximum absolute atomic E-state index is 2.27. The molecule has 74 valence electrons. The van der Waals surface area contributed by atoms with Crippen LogP contribution < -0.4 is 0 Å². The minimum atomic E-state index is 1.09. The van der Waals surface area contributed by atoms with Crippen molar-refractivity contribution >= 4 is 5.57 Å². The molecule has 0 nitrogen and oxygen atoms in total. The number of benzene rings is 1. The summed E-state index contributed by atoms with van der Waals surface area (Å²) in [6.07, 6.45) is 5.54. The lowest BCUT2D eigenvalue weighted by Gasteiger charge is -2.07. The molecule has 0 unspecified atom stereocenters. The molecule has 0 saturated carbocycles. The van der Waals surface area contributed by atoms with Crippen molar-refractivity contribution < 1.29 is 0 Å². The number of hydrogen-bond donors (Lipinski definition) is 0. The first kappa shape index (κ1) is 10.8. The van der Waals surface area contributed by atoms with Crippen LogP contribution in [-0.2, 0) is 0 Å². The molecule has 0 atom stereocenters. The molecule has 1 aromatic rings. The van der Waals surface area contributed by atoms with E-state index in [9.17, 15) is 0 Å². The summed E-state index contributed by atoms with van der Waals surface area (Å²) in [5.41, 5.74) is 4.01. The van der Waals surface area contributed by atoms with Gasteiger partial charge in [-0.1, -0.05) is 49.4 Å². The van der Waals surface area contributed by atoms with Crippen molar-refractivity contribution in [3.63, 3.8) is 0 Å². The normalized spacial score (nSPS) is 13.1. The Labute approximate surface area is 87.0 Å². The van der Waals surface area contributed by atoms with Gasteiger partial charge in [0.1, 0.15) is 0 Å². The van der Waals surface area contributed by atoms with Crippen LogP contribution in [0.15, 0.2) is 48.1 Å². The largest absolute Gasteiger partial charge is 0.0813 e. The molecule has 0 amide bonds. The molecule has 0 aliphatic heterocycles. The first-order valence-electron chi connectivity index (χ1n) is 5.18. The summed E-state index contributed by atoms with van der Waals surface area (Å²) in [6.45, 7) is 6.43. The molecule has 0 aromatic heterocycles.